The molecule has 0 aliphatic heterocycles. The topological polar surface area (TPSA) is 70.7 Å². The van der Waals surface area contributed by atoms with Crippen LogP contribution >= 0.6 is 0 Å². The molecule has 134 valence electrons. The molecule has 1 aromatic heterocycles. The Bertz CT molecular complexity index is 1030. The molecule has 0 bridgehead atoms. The average molecular weight is 356 g/mol. The van der Waals surface area contributed by atoms with Gasteiger partial charge in [0.1, 0.15) is 0 Å². The van der Waals surface area contributed by atoms with Crippen LogP contribution in [0.2, 0.25) is 0 Å². The number of hydrogen-bond donors (Lipinski definition) is 1. The fourth-order valence-electron chi connectivity index (χ4n) is 3.70. The largest absolute Gasteiger partial charge is 0.349 e. The minimum absolute atomic E-state index is 0.0474. The summed E-state index contributed by atoms with van der Waals surface area (Å²) in [5, 5.41) is 16.5. The number of fused-ring (bicyclic) bond motifs is 1. The van der Waals surface area contributed by atoms with Gasteiger partial charge in [0.2, 0.25) is 0 Å². The molecule has 1 aliphatic carbocycles. The molecule has 0 fully saturated rings. The van der Waals surface area contributed by atoms with Gasteiger partial charge in [-0.05, 0) is 41.7 Å². The maximum Gasteiger partial charge on any atom is 0.255 e. The average Bonchev–Trinajstić information content (AvgIpc) is 3.25. The molecule has 0 saturated heterocycles. The second-order valence-electron chi connectivity index (χ2n) is 6.96. The number of nitrogens with zero attached hydrogens (tertiary/aromatic N) is 3. The van der Waals surface area contributed by atoms with Crippen LogP contribution in [0.4, 0.5) is 0 Å². The molecule has 1 amide bonds. The van der Waals surface area contributed by atoms with E-state index in [1.807, 2.05) is 43.4 Å². The third-order valence-electron chi connectivity index (χ3n) is 5.12. The van der Waals surface area contributed by atoms with Crippen molar-refractivity contribution in [1.82, 2.24) is 15.1 Å². The third-order valence-corrected chi connectivity index (χ3v) is 5.12. The lowest BCUT2D eigenvalue weighted by molar-refractivity contribution is 0.0937. The normalized spacial score (nSPS) is 15.2. The van der Waals surface area contributed by atoms with Gasteiger partial charge in [-0.3, -0.25) is 9.48 Å². The minimum atomic E-state index is -0.0904. The van der Waals surface area contributed by atoms with E-state index in [1.54, 1.807) is 10.9 Å². The molecule has 1 aliphatic rings. The number of aromatic nitrogens is 2. The van der Waals surface area contributed by atoms with E-state index in [1.165, 1.54) is 5.56 Å². The van der Waals surface area contributed by atoms with Gasteiger partial charge in [0.05, 0.1) is 29.1 Å². The Labute approximate surface area is 158 Å². The van der Waals surface area contributed by atoms with Crippen LogP contribution in [-0.4, -0.2) is 21.7 Å². The van der Waals surface area contributed by atoms with Crippen molar-refractivity contribution in [3.05, 3.63) is 88.2 Å². The first-order valence-corrected chi connectivity index (χ1v) is 9.01. The second-order valence-corrected chi connectivity index (χ2v) is 6.96. The summed E-state index contributed by atoms with van der Waals surface area (Å²) >= 11 is 0. The first-order valence-electron chi connectivity index (χ1n) is 9.01. The molecule has 0 spiro atoms. The summed E-state index contributed by atoms with van der Waals surface area (Å²) in [6.07, 6.45) is 3.85. The van der Waals surface area contributed by atoms with Gasteiger partial charge in [-0.1, -0.05) is 36.4 Å². The SMILES string of the molecule is Cn1ncc(C(=O)NC2Cc3ccc(C#N)cc3C2)c1Cc1ccccc1. The Morgan fingerprint density at radius 1 is 1.22 bits per heavy atom. The number of benzene rings is 2. The van der Waals surface area contributed by atoms with Crippen LogP contribution in [0.3, 0.4) is 0 Å². The summed E-state index contributed by atoms with van der Waals surface area (Å²) in [5.41, 5.74) is 5.69. The lowest BCUT2D eigenvalue weighted by Crippen LogP contribution is -2.35. The number of amides is 1. The van der Waals surface area contributed by atoms with E-state index >= 15 is 0 Å². The van der Waals surface area contributed by atoms with E-state index < -0.39 is 0 Å². The number of rotatable bonds is 4. The summed E-state index contributed by atoms with van der Waals surface area (Å²) in [4.78, 5) is 12.9. The lowest BCUT2D eigenvalue weighted by atomic mass is 10.1. The zero-order valence-corrected chi connectivity index (χ0v) is 15.1. The fourth-order valence-corrected chi connectivity index (χ4v) is 3.70. The zero-order chi connectivity index (χ0) is 18.8. The van der Waals surface area contributed by atoms with Crippen molar-refractivity contribution in [3.63, 3.8) is 0 Å². The molecule has 5 nitrogen and oxygen atoms in total. The highest BCUT2D eigenvalue weighted by molar-refractivity contribution is 5.95. The molecule has 1 unspecified atom stereocenters. The maximum atomic E-state index is 12.9. The van der Waals surface area contributed by atoms with Crippen LogP contribution in [0.5, 0.6) is 0 Å². The summed E-state index contributed by atoms with van der Waals surface area (Å²) in [7, 11) is 1.86. The molecular formula is C22H20N4O. The molecule has 4 rings (SSSR count). The van der Waals surface area contributed by atoms with Crippen molar-refractivity contribution >= 4 is 5.91 Å². The predicted molar refractivity (Wildman–Crippen MR) is 102 cm³/mol. The van der Waals surface area contributed by atoms with Gasteiger partial charge < -0.3 is 5.32 Å². The molecule has 2 aromatic carbocycles. The van der Waals surface area contributed by atoms with E-state index in [0.717, 1.165) is 29.7 Å². The highest BCUT2D eigenvalue weighted by Crippen LogP contribution is 2.24. The molecule has 0 saturated carbocycles. The first-order chi connectivity index (χ1) is 13.1. The number of nitriles is 1. The van der Waals surface area contributed by atoms with Crippen molar-refractivity contribution in [2.45, 2.75) is 25.3 Å². The van der Waals surface area contributed by atoms with Gasteiger partial charge >= 0.3 is 0 Å². The van der Waals surface area contributed by atoms with E-state index in [4.69, 9.17) is 5.26 Å². The van der Waals surface area contributed by atoms with Crippen LogP contribution in [0.1, 0.15) is 38.3 Å². The molecule has 3 aromatic rings. The lowest BCUT2D eigenvalue weighted by Gasteiger charge is -2.13. The van der Waals surface area contributed by atoms with E-state index in [-0.39, 0.29) is 11.9 Å². The standard InChI is InChI=1S/C22H20N4O/c1-26-21(10-15-5-3-2-4-6-15)20(14-24-26)22(27)25-19-11-17-8-7-16(13-23)9-18(17)12-19/h2-9,14,19H,10-12H2,1H3,(H,25,27). The molecule has 1 atom stereocenters. The summed E-state index contributed by atoms with van der Waals surface area (Å²) in [6.45, 7) is 0. The van der Waals surface area contributed by atoms with Crippen molar-refractivity contribution in [2.24, 2.45) is 7.05 Å². The highest BCUT2D eigenvalue weighted by atomic mass is 16.1. The van der Waals surface area contributed by atoms with Crippen LogP contribution < -0.4 is 5.32 Å². The smallest absolute Gasteiger partial charge is 0.255 e. The molecule has 0 radical (unpaired) electrons. The Morgan fingerprint density at radius 3 is 2.78 bits per heavy atom. The Balaban J connectivity index is 1.49. The molecule has 5 heteroatoms. The van der Waals surface area contributed by atoms with Crippen molar-refractivity contribution in [2.75, 3.05) is 0 Å². The number of nitrogens with one attached hydrogen (secondary N) is 1. The van der Waals surface area contributed by atoms with Crippen LogP contribution in [0, 0.1) is 11.3 Å². The Hall–Kier alpha value is -3.39. The van der Waals surface area contributed by atoms with Gasteiger partial charge in [-0.2, -0.15) is 10.4 Å². The maximum absolute atomic E-state index is 12.9. The van der Waals surface area contributed by atoms with Gasteiger partial charge in [0, 0.05) is 19.5 Å². The van der Waals surface area contributed by atoms with E-state index in [9.17, 15) is 4.79 Å². The highest BCUT2D eigenvalue weighted by Gasteiger charge is 2.25. The zero-order valence-electron chi connectivity index (χ0n) is 15.1. The number of carbonyl (C=O) groups is 1. The Morgan fingerprint density at radius 2 is 2.00 bits per heavy atom. The van der Waals surface area contributed by atoms with Gasteiger partial charge in [0.15, 0.2) is 0 Å². The summed E-state index contributed by atoms with van der Waals surface area (Å²) in [6, 6.07) is 18.0. The number of carbonyl (C=O) groups excluding carboxylic acids is 1. The van der Waals surface area contributed by atoms with Crippen molar-refractivity contribution < 1.29 is 4.79 Å². The molecule has 1 heterocycles. The van der Waals surface area contributed by atoms with Crippen LogP contribution in [0.15, 0.2) is 54.7 Å². The van der Waals surface area contributed by atoms with Crippen LogP contribution in [-0.2, 0) is 26.3 Å². The summed E-state index contributed by atoms with van der Waals surface area (Å²) in [5.74, 6) is -0.0904. The molecular weight excluding hydrogens is 336 g/mol. The molecule has 27 heavy (non-hydrogen) atoms. The van der Waals surface area contributed by atoms with Crippen molar-refractivity contribution in [3.8, 4) is 6.07 Å². The van der Waals surface area contributed by atoms with Gasteiger partial charge in [-0.25, -0.2) is 0 Å². The summed E-state index contributed by atoms with van der Waals surface area (Å²) < 4.78 is 1.77. The predicted octanol–water partition coefficient (Wildman–Crippen LogP) is 2.78. The van der Waals surface area contributed by atoms with Gasteiger partial charge in [-0.15, -0.1) is 0 Å². The van der Waals surface area contributed by atoms with Crippen LogP contribution in [0.25, 0.3) is 0 Å². The van der Waals surface area contributed by atoms with Crippen molar-refractivity contribution in [1.29, 1.82) is 5.26 Å². The first kappa shape index (κ1) is 17.0. The second kappa shape index (κ2) is 7.08. The minimum Gasteiger partial charge on any atom is -0.349 e. The quantitative estimate of drug-likeness (QED) is 0.781. The third kappa shape index (κ3) is 3.47. The fraction of sp³-hybridized carbons (Fsp3) is 0.227. The Kier molecular flexibility index (Phi) is 4.47. The monoisotopic (exact) mass is 356 g/mol. The molecule has 1 N–H and O–H groups in total. The van der Waals surface area contributed by atoms with E-state index in [0.29, 0.717) is 17.5 Å². The van der Waals surface area contributed by atoms with Gasteiger partial charge in [0.25, 0.3) is 5.91 Å². The number of hydrogen-bond acceptors (Lipinski definition) is 3. The number of aryl methyl sites for hydroxylation is 1. The van der Waals surface area contributed by atoms with E-state index in [2.05, 4.69) is 28.6 Å².